The van der Waals surface area contributed by atoms with Gasteiger partial charge in [0.1, 0.15) is 24.3 Å². The van der Waals surface area contributed by atoms with Gasteiger partial charge < -0.3 is 20.5 Å². The van der Waals surface area contributed by atoms with E-state index >= 15 is 0 Å². The molecule has 1 amide bonds. The lowest BCUT2D eigenvalue weighted by Gasteiger charge is -2.27. The highest BCUT2D eigenvalue weighted by Gasteiger charge is 2.35. The number of rotatable bonds is 9. The molecule has 36 heavy (non-hydrogen) atoms. The lowest BCUT2D eigenvalue weighted by atomic mass is 9.86. The molecule has 0 unspecified atom stereocenters. The molecule has 4 N–H and O–H groups in total. The fourth-order valence-electron chi connectivity index (χ4n) is 4.99. The summed E-state index contributed by atoms with van der Waals surface area (Å²) in [6.45, 7) is 2.56. The molecule has 1 saturated heterocycles. The molecular weight excluding hydrogens is 478 g/mol. The quantitative estimate of drug-likeness (QED) is 0.252. The standard InChI is InChI=1S/C28H35N3O4.ClH/c1-2-18-3-11-25(12-4-18)35-26(32)16-22-15-23(31-28(22)33)17-34-24-13-9-20(10-14-24)19-5-7-21(8-6-19)27(29)30;/h5-10,13-14,18,22-23,25H,2-4,11-12,15-17H2,1H3,(H3,29,30)(H,31,33);1H/t18?,22-,23-,25?;/m0./s1. The first-order valence-corrected chi connectivity index (χ1v) is 12.6. The Morgan fingerprint density at radius 1 is 1.03 bits per heavy atom. The van der Waals surface area contributed by atoms with Gasteiger partial charge in [-0.3, -0.25) is 15.0 Å². The number of halogens is 1. The first kappa shape index (κ1) is 27.5. The summed E-state index contributed by atoms with van der Waals surface area (Å²) in [5.74, 6) is 0.792. The summed E-state index contributed by atoms with van der Waals surface area (Å²) in [4.78, 5) is 24.8. The molecule has 1 saturated carbocycles. The van der Waals surface area contributed by atoms with Crippen LogP contribution in [0.2, 0.25) is 0 Å². The number of hydrogen-bond donors (Lipinski definition) is 3. The molecule has 0 radical (unpaired) electrons. The van der Waals surface area contributed by atoms with Crippen LogP contribution in [0.15, 0.2) is 48.5 Å². The number of hydrogen-bond acceptors (Lipinski definition) is 5. The van der Waals surface area contributed by atoms with Crippen LogP contribution in [0.1, 0.15) is 57.4 Å². The van der Waals surface area contributed by atoms with E-state index in [2.05, 4.69) is 12.2 Å². The van der Waals surface area contributed by atoms with E-state index in [1.807, 2.05) is 48.5 Å². The van der Waals surface area contributed by atoms with Gasteiger partial charge in [0.15, 0.2) is 0 Å². The normalized spacial score (nSPS) is 23.3. The second kappa shape index (κ2) is 12.8. The number of amidine groups is 1. The number of carbonyl (C=O) groups is 2. The van der Waals surface area contributed by atoms with Gasteiger partial charge in [0.2, 0.25) is 5.91 Å². The van der Waals surface area contributed by atoms with Crippen molar-refractivity contribution >= 4 is 30.1 Å². The third-order valence-electron chi connectivity index (χ3n) is 7.20. The fraction of sp³-hybridized carbons (Fsp3) is 0.464. The highest BCUT2D eigenvalue weighted by atomic mass is 35.5. The number of esters is 1. The summed E-state index contributed by atoms with van der Waals surface area (Å²) >= 11 is 0. The van der Waals surface area contributed by atoms with Gasteiger partial charge in [0.25, 0.3) is 0 Å². The lowest BCUT2D eigenvalue weighted by Crippen LogP contribution is -2.31. The van der Waals surface area contributed by atoms with Crippen molar-refractivity contribution in [1.29, 1.82) is 5.41 Å². The summed E-state index contributed by atoms with van der Waals surface area (Å²) in [5.41, 5.74) is 8.26. The first-order chi connectivity index (χ1) is 16.9. The third kappa shape index (κ3) is 7.23. The van der Waals surface area contributed by atoms with E-state index in [1.54, 1.807) is 0 Å². The molecule has 2 aromatic rings. The maximum Gasteiger partial charge on any atom is 0.306 e. The average Bonchev–Trinajstić information content (AvgIpc) is 3.22. The summed E-state index contributed by atoms with van der Waals surface area (Å²) in [7, 11) is 0. The zero-order chi connectivity index (χ0) is 24.8. The molecule has 0 bridgehead atoms. The minimum Gasteiger partial charge on any atom is -0.491 e. The number of nitrogen functional groups attached to an aromatic ring is 1. The highest BCUT2D eigenvalue weighted by molar-refractivity contribution is 5.95. The number of ether oxygens (including phenoxy) is 2. The summed E-state index contributed by atoms with van der Waals surface area (Å²) in [5, 5.41) is 10.4. The molecule has 194 valence electrons. The molecule has 1 aliphatic heterocycles. The van der Waals surface area contributed by atoms with E-state index in [-0.39, 0.29) is 54.6 Å². The van der Waals surface area contributed by atoms with Gasteiger partial charge in [-0.25, -0.2) is 0 Å². The minimum absolute atomic E-state index is 0. The van der Waals surface area contributed by atoms with Crippen LogP contribution < -0.4 is 15.8 Å². The van der Waals surface area contributed by atoms with Crippen molar-refractivity contribution in [3.8, 4) is 16.9 Å². The van der Waals surface area contributed by atoms with Crippen molar-refractivity contribution < 1.29 is 19.1 Å². The van der Waals surface area contributed by atoms with Crippen molar-refractivity contribution in [3.63, 3.8) is 0 Å². The Bertz CT molecular complexity index is 1030. The second-order valence-electron chi connectivity index (χ2n) is 9.71. The Kier molecular flexibility index (Phi) is 9.76. The van der Waals surface area contributed by atoms with Crippen LogP contribution in [-0.4, -0.2) is 36.5 Å². The van der Waals surface area contributed by atoms with Gasteiger partial charge in [0, 0.05) is 5.56 Å². The molecule has 2 aromatic carbocycles. The molecule has 2 aliphatic rings. The topological polar surface area (TPSA) is 114 Å². The Labute approximate surface area is 219 Å². The van der Waals surface area contributed by atoms with Gasteiger partial charge in [-0.15, -0.1) is 12.4 Å². The summed E-state index contributed by atoms with van der Waals surface area (Å²) in [6, 6.07) is 15.1. The van der Waals surface area contributed by atoms with Crippen molar-refractivity contribution in [2.24, 2.45) is 17.6 Å². The maximum atomic E-state index is 12.4. The molecule has 7 nitrogen and oxygen atoms in total. The predicted octanol–water partition coefficient (Wildman–Crippen LogP) is 4.85. The molecule has 8 heteroatoms. The number of nitrogens with two attached hydrogens (primary N) is 1. The minimum atomic E-state index is -0.358. The van der Waals surface area contributed by atoms with E-state index in [0.29, 0.717) is 24.3 Å². The van der Waals surface area contributed by atoms with E-state index in [4.69, 9.17) is 20.6 Å². The maximum absolute atomic E-state index is 12.4. The zero-order valence-corrected chi connectivity index (χ0v) is 21.5. The lowest BCUT2D eigenvalue weighted by molar-refractivity contribution is -0.153. The van der Waals surface area contributed by atoms with Crippen molar-refractivity contribution in [1.82, 2.24) is 5.32 Å². The smallest absolute Gasteiger partial charge is 0.306 e. The zero-order valence-electron chi connectivity index (χ0n) is 20.7. The molecular formula is C28H36ClN3O4. The number of benzene rings is 2. The Morgan fingerprint density at radius 3 is 2.22 bits per heavy atom. The fourth-order valence-corrected chi connectivity index (χ4v) is 4.99. The van der Waals surface area contributed by atoms with Crippen molar-refractivity contribution in [2.75, 3.05) is 6.61 Å². The average molecular weight is 514 g/mol. The Morgan fingerprint density at radius 2 is 1.64 bits per heavy atom. The first-order valence-electron chi connectivity index (χ1n) is 12.6. The largest absolute Gasteiger partial charge is 0.491 e. The number of amides is 1. The molecule has 4 rings (SSSR count). The monoisotopic (exact) mass is 513 g/mol. The van der Waals surface area contributed by atoms with E-state index in [9.17, 15) is 9.59 Å². The molecule has 2 fully saturated rings. The van der Waals surface area contributed by atoms with Crippen LogP contribution in [0, 0.1) is 17.2 Å². The highest BCUT2D eigenvalue weighted by Crippen LogP contribution is 2.29. The van der Waals surface area contributed by atoms with Gasteiger partial charge in [0.05, 0.1) is 18.4 Å². The molecule has 2 atom stereocenters. The van der Waals surface area contributed by atoms with Crippen molar-refractivity contribution in [3.05, 3.63) is 54.1 Å². The summed E-state index contributed by atoms with van der Waals surface area (Å²) < 4.78 is 11.6. The SMILES string of the molecule is CCC1CCC(OC(=O)C[C@@H]2C[C@@H](COc3ccc(-c4ccc(C(=N)N)cc4)cc3)NC2=O)CC1.Cl. The van der Waals surface area contributed by atoms with Crippen LogP contribution in [0.5, 0.6) is 5.75 Å². The third-order valence-corrected chi connectivity index (χ3v) is 7.20. The van der Waals surface area contributed by atoms with Gasteiger partial charge in [-0.2, -0.15) is 0 Å². The Balaban J connectivity index is 0.00000361. The molecule has 0 aromatic heterocycles. The van der Waals surface area contributed by atoms with Crippen LogP contribution in [0.3, 0.4) is 0 Å². The van der Waals surface area contributed by atoms with E-state index in [1.165, 1.54) is 6.42 Å². The van der Waals surface area contributed by atoms with Crippen LogP contribution in [0.4, 0.5) is 0 Å². The van der Waals surface area contributed by atoms with Crippen molar-refractivity contribution in [2.45, 2.75) is 64.0 Å². The van der Waals surface area contributed by atoms with Crippen LogP contribution in [0.25, 0.3) is 11.1 Å². The Hall–Kier alpha value is -3.06. The van der Waals surface area contributed by atoms with Gasteiger partial charge in [-0.05, 0) is 61.3 Å². The predicted molar refractivity (Wildman–Crippen MR) is 142 cm³/mol. The van der Waals surface area contributed by atoms with E-state index < -0.39 is 0 Å². The summed E-state index contributed by atoms with van der Waals surface area (Å²) in [6.07, 6.45) is 5.98. The number of nitrogens with one attached hydrogen (secondary N) is 2. The van der Waals surface area contributed by atoms with E-state index in [0.717, 1.165) is 42.7 Å². The molecule has 1 heterocycles. The molecule has 1 aliphatic carbocycles. The van der Waals surface area contributed by atoms with Crippen LogP contribution in [-0.2, 0) is 14.3 Å². The van der Waals surface area contributed by atoms with Gasteiger partial charge in [-0.1, -0.05) is 49.7 Å². The second-order valence-corrected chi connectivity index (χ2v) is 9.71. The molecule has 0 spiro atoms. The number of carbonyl (C=O) groups excluding carboxylic acids is 2. The van der Waals surface area contributed by atoms with Crippen LogP contribution >= 0.6 is 12.4 Å². The van der Waals surface area contributed by atoms with Gasteiger partial charge >= 0.3 is 5.97 Å².